The van der Waals surface area contributed by atoms with Crippen LogP contribution in [0.25, 0.3) is 0 Å². The van der Waals surface area contributed by atoms with Crippen LogP contribution in [0.1, 0.15) is 50.4 Å². The average Bonchev–Trinajstić information content (AvgIpc) is 2.60. The summed E-state index contributed by atoms with van der Waals surface area (Å²) in [5.74, 6) is 0.721. The number of aromatic nitrogens is 2. The number of nitrogens with one attached hydrogen (secondary N) is 1. The number of hydrogen-bond acceptors (Lipinski definition) is 6. The van der Waals surface area contributed by atoms with Gasteiger partial charge in [-0.2, -0.15) is 10.4 Å². The summed E-state index contributed by atoms with van der Waals surface area (Å²) < 4.78 is 26.1. The molecule has 1 aliphatic heterocycles. The third-order valence-electron chi connectivity index (χ3n) is 4.46. The SMILES string of the molecule is CCc1nnc(N2CCC(NS(=O)(=O)CC)CC2)c(C#N)c1CC. The van der Waals surface area contributed by atoms with E-state index in [0.717, 1.165) is 24.1 Å². The fraction of sp³-hybridized carbons (Fsp3) is 0.688. The normalized spacial score (nSPS) is 16.2. The largest absolute Gasteiger partial charge is 0.354 e. The zero-order chi connectivity index (χ0) is 17.7. The van der Waals surface area contributed by atoms with Crippen LogP contribution in [0.15, 0.2) is 0 Å². The van der Waals surface area contributed by atoms with Crippen LogP contribution >= 0.6 is 0 Å². The molecule has 0 aromatic carbocycles. The van der Waals surface area contributed by atoms with E-state index in [9.17, 15) is 13.7 Å². The molecule has 2 rings (SSSR count). The van der Waals surface area contributed by atoms with Gasteiger partial charge in [0.1, 0.15) is 11.6 Å². The third-order valence-corrected chi connectivity index (χ3v) is 5.91. The number of nitrogens with zero attached hydrogens (tertiary/aromatic N) is 4. The Balaban J connectivity index is 2.16. The fourth-order valence-corrected chi connectivity index (χ4v) is 3.96. The Kier molecular flexibility index (Phi) is 6.13. The van der Waals surface area contributed by atoms with Crippen molar-refractivity contribution < 1.29 is 8.42 Å². The lowest BCUT2D eigenvalue weighted by Gasteiger charge is -2.33. The van der Waals surface area contributed by atoms with Crippen LogP contribution in [0.5, 0.6) is 0 Å². The van der Waals surface area contributed by atoms with Gasteiger partial charge in [0, 0.05) is 19.1 Å². The van der Waals surface area contributed by atoms with E-state index in [0.29, 0.717) is 37.3 Å². The number of hydrogen-bond donors (Lipinski definition) is 1. The predicted molar refractivity (Wildman–Crippen MR) is 93.3 cm³/mol. The highest BCUT2D eigenvalue weighted by atomic mass is 32.2. The number of rotatable bonds is 6. The van der Waals surface area contributed by atoms with Gasteiger partial charge < -0.3 is 4.90 Å². The van der Waals surface area contributed by atoms with Crippen LogP contribution in [0.3, 0.4) is 0 Å². The summed E-state index contributed by atoms with van der Waals surface area (Å²) in [5, 5.41) is 18.2. The van der Waals surface area contributed by atoms with Crippen molar-refractivity contribution in [1.82, 2.24) is 14.9 Å². The molecule has 0 aliphatic carbocycles. The van der Waals surface area contributed by atoms with Gasteiger partial charge >= 0.3 is 0 Å². The highest BCUT2D eigenvalue weighted by Crippen LogP contribution is 2.26. The summed E-state index contributed by atoms with van der Waals surface area (Å²) in [5.41, 5.74) is 2.46. The molecule has 0 spiro atoms. The zero-order valence-electron chi connectivity index (χ0n) is 14.5. The summed E-state index contributed by atoms with van der Waals surface area (Å²) in [6.07, 6.45) is 2.90. The monoisotopic (exact) mass is 351 g/mol. The third kappa shape index (κ3) is 4.02. The number of sulfonamides is 1. The Bertz CT molecular complexity index is 719. The summed E-state index contributed by atoms with van der Waals surface area (Å²) in [7, 11) is -3.18. The maximum atomic E-state index is 11.7. The molecule has 0 unspecified atom stereocenters. The predicted octanol–water partition coefficient (Wildman–Crippen LogP) is 1.38. The van der Waals surface area contributed by atoms with E-state index in [1.54, 1.807) is 6.92 Å². The van der Waals surface area contributed by atoms with E-state index in [-0.39, 0.29) is 11.8 Å². The van der Waals surface area contributed by atoms with Crippen molar-refractivity contribution in [3.05, 3.63) is 16.8 Å². The van der Waals surface area contributed by atoms with Crippen LogP contribution in [0.2, 0.25) is 0 Å². The lowest BCUT2D eigenvalue weighted by molar-refractivity contribution is 0.457. The summed E-state index contributed by atoms with van der Waals surface area (Å²) in [4.78, 5) is 2.04. The second-order valence-corrected chi connectivity index (χ2v) is 7.97. The molecular weight excluding hydrogens is 326 g/mol. The van der Waals surface area contributed by atoms with Gasteiger partial charge in [-0.25, -0.2) is 13.1 Å². The molecular formula is C16H25N5O2S. The summed E-state index contributed by atoms with van der Waals surface area (Å²) >= 11 is 0. The Morgan fingerprint density at radius 3 is 2.38 bits per heavy atom. The molecule has 1 aromatic rings. The molecule has 1 saturated heterocycles. The van der Waals surface area contributed by atoms with Gasteiger partial charge in [-0.1, -0.05) is 13.8 Å². The lowest BCUT2D eigenvalue weighted by Crippen LogP contribution is -2.45. The van der Waals surface area contributed by atoms with Gasteiger partial charge in [0.15, 0.2) is 5.82 Å². The first-order chi connectivity index (χ1) is 11.5. The number of nitriles is 1. The molecule has 0 bridgehead atoms. The first-order valence-corrected chi connectivity index (χ1v) is 10.1. The highest BCUT2D eigenvalue weighted by molar-refractivity contribution is 7.89. The first kappa shape index (κ1) is 18.6. The molecule has 0 amide bonds. The van der Waals surface area contributed by atoms with Crippen LogP contribution in [-0.4, -0.2) is 43.5 Å². The first-order valence-electron chi connectivity index (χ1n) is 8.49. The zero-order valence-corrected chi connectivity index (χ0v) is 15.4. The van der Waals surface area contributed by atoms with E-state index in [1.807, 2.05) is 18.7 Å². The standard InChI is InChI=1S/C16H25N5O2S/c1-4-13-14(11-17)16(19-18-15(13)5-2)21-9-7-12(8-10-21)20-24(22,23)6-3/h12,20H,4-10H2,1-3H3. The van der Waals surface area contributed by atoms with Crippen molar-refractivity contribution in [1.29, 1.82) is 5.26 Å². The van der Waals surface area contributed by atoms with Crippen molar-refractivity contribution in [2.45, 2.75) is 52.5 Å². The highest BCUT2D eigenvalue weighted by Gasteiger charge is 2.26. The van der Waals surface area contributed by atoms with Crippen molar-refractivity contribution >= 4 is 15.8 Å². The molecule has 7 nitrogen and oxygen atoms in total. The average molecular weight is 351 g/mol. The number of piperidine rings is 1. The van der Waals surface area contributed by atoms with E-state index in [4.69, 9.17) is 0 Å². The van der Waals surface area contributed by atoms with Gasteiger partial charge in [0.25, 0.3) is 0 Å². The minimum absolute atomic E-state index is 0.0507. The molecule has 24 heavy (non-hydrogen) atoms. The van der Waals surface area contributed by atoms with Crippen molar-refractivity contribution in [2.75, 3.05) is 23.7 Å². The second-order valence-electron chi connectivity index (χ2n) is 5.93. The molecule has 8 heteroatoms. The minimum Gasteiger partial charge on any atom is -0.354 e. The molecule has 0 saturated carbocycles. The van der Waals surface area contributed by atoms with Crippen LogP contribution in [0, 0.1) is 11.3 Å². The lowest BCUT2D eigenvalue weighted by atomic mass is 10.0. The van der Waals surface area contributed by atoms with Gasteiger partial charge in [0.05, 0.1) is 11.4 Å². The molecule has 2 heterocycles. The topological polar surface area (TPSA) is 99.0 Å². The van der Waals surface area contributed by atoms with Crippen LogP contribution < -0.4 is 9.62 Å². The Labute approximate surface area is 144 Å². The quantitative estimate of drug-likeness (QED) is 0.831. The van der Waals surface area contributed by atoms with Crippen molar-refractivity contribution in [3.63, 3.8) is 0 Å². The molecule has 1 fully saturated rings. The Morgan fingerprint density at radius 1 is 1.21 bits per heavy atom. The van der Waals surface area contributed by atoms with Crippen molar-refractivity contribution in [3.8, 4) is 6.07 Å². The van der Waals surface area contributed by atoms with Gasteiger partial charge in [0.2, 0.25) is 10.0 Å². The Morgan fingerprint density at radius 2 is 1.88 bits per heavy atom. The molecule has 0 radical (unpaired) electrons. The van der Waals surface area contributed by atoms with E-state index in [1.165, 1.54) is 0 Å². The Hall–Kier alpha value is -1.72. The number of aryl methyl sites for hydroxylation is 1. The molecule has 1 aromatic heterocycles. The summed E-state index contributed by atoms with van der Waals surface area (Å²) in [6.45, 7) is 6.99. The van der Waals surface area contributed by atoms with Gasteiger partial charge in [-0.15, -0.1) is 5.10 Å². The van der Waals surface area contributed by atoms with E-state index >= 15 is 0 Å². The minimum atomic E-state index is -3.18. The van der Waals surface area contributed by atoms with E-state index < -0.39 is 10.0 Å². The smallest absolute Gasteiger partial charge is 0.211 e. The maximum absolute atomic E-state index is 11.7. The van der Waals surface area contributed by atoms with Gasteiger partial charge in [-0.05, 0) is 38.2 Å². The fourth-order valence-electron chi connectivity index (χ4n) is 3.05. The second kappa shape index (κ2) is 7.90. The van der Waals surface area contributed by atoms with E-state index in [2.05, 4.69) is 21.0 Å². The maximum Gasteiger partial charge on any atom is 0.211 e. The number of anilines is 1. The van der Waals surface area contributed by atoms with Crippen LogP contribution in [-0.2, 0) is 22.9 Å². The van der Waals surface area contributed by atoms with Crippen LogP contribution in [0.4, 0.5) is 5.82 Å². The molecule has 1 N–H and O–H groups in total. The molecule has 1 aliphatic rings. The molecule has 0 atom stereocenters. The molecule has 132 valence electrons. The summed E-state index contributed by atoms with van der Waals surface area (Å²) in [6, 6.07) is 2.24. The van der Waals surface area contributed by atoms with Crippen molar-refractivity contribution in [2.24, 2.45) is 0 Å². The van der Waals surface area contributed by atoms with Gasteiger partial charge in [-0.3, -0.25) is 0 Å².